The second-order valence-electron chi connectivity index (χ2n) is 5.58. The molecule has 5 heteroatoms. The molecule has 0 aliphatic rings. The highest BCUT2D eigenvalue weighted by Crippen LogP contribution is 2.25. The average molecular weight is 354 g/mol. The van der Waals surface area contributed by atoms with Crippen molar-refractivity contribution in [1.82, 2.24) is 9.55 Å². The van der Waals surface area contributed by atoms with E-state index in [1.807, 2.05) is 29.8 Å². The number of hydrogen-bond acceptors (Lipinski definition) is 3. The van der Waals surface area contributed by atoms with Crippen molar-refractivity contribution in [2.24, 2.45) is 0 Å². The van der Waals surface area contributed by atoms with Gasteiger partial charge in [0.15, 0.2) is 5.13 Å². The first-order valence-corrected chi connectivity index (χ1v) is 9.00. The largest absolute Gasteiger partial charge is 0.357 e. The van der Waals surface area contributed by atoms with E-state index < -0.39 is 0 Å². The Balaban J connectivity index is 1.67. The Bertz CT molecular complexity index is 960. The Kier molecular flexibility index (Phi) is 4.24. The van der Waals surface area contributed by atoms with Gasteiger partial charge in [0.25, 0.3) is 0 Å². The van der Waals surface area contributed by atoms with Gasteiger partial charge in [-0.15, -0.1) is 11.3 Å². The molecule has 0 aliphatic heterocycles. The topological polar surface area (TPSA) is 29.9 Å². The number of halogens is 1. The van der Waals surface area contributed by atoms with Gasteiger partial charge in [-0.2, -0.15) is 0 Å². The van der Waals surface area contributed by atoms with Crippen LogP contribution in [0.25, 0.3) is 10.9 Å². The first kappa shape index (κ1) is 15.2. The zero-order valence-corrected chi connectivity index (χ0v) is 14.5. The van der Waals surface area contributed by atoms with Crippen LogP contribution in [0.15, 0.2) is 66.3 Å². The number of thiazole rings is 1. The molecule has 0 aliphatic carbocycles. The van der Waals surface area contributed by atoms with E-state index in [1.54, 1.807) is 11.3 Å². The summed E-state index contributed by atoms with van der Waals surface area (Å²) in [5.74, 6) is 0. The molecule has 0 unspecified atom stereocenters. The van der Waals surface area contributed by atoms with E-state index in [2.05, 4.69) is 51.4 Å². The molecular formula is C19H16ClN3S. The van der Waals surface area contributed by atoms with Crippen LogP contribution in [0, 0.1) is 0 Å². The summed E-state index contributed by atoms with van der Waals surface area (Å²) in [7, 11) is 0. The van der Waals surface area contributed by atoms with Gasteiger partial charge in [0.2, 0.25) is 0 Å². The molecule has 0 saturated carbocycles. The van der Waals surface area contributed by atoms with Crippen molar-refractivity contribution in [2.75, 3.05) is 5.32 Å². The first-order valence-electron chi connectivity index (χ1n) is 7.75. The molecule has 0 spiro atoms. The molecule has 2 heterocycles. The molecule has 2 aromatic carbocycles. The summed E-state index contributed by atoms with van der Waals surface area (Å²) in [6.45, 7) is 1.51. The van der Waals surface area contributed by atoms with Crippen molar-refractivity contribution < 1.29 is 0 Å². The van der Waals surface area contributed by atoms with Crippen LogP contribution in [0.5, 0.6) is 0 Å². The van der Waals surface area contributed by atoms with Crippen molar-refractivity contribution in [3.05, 3.63) is 82.5 Å². The van der Waals surface area contributed by atoms with Crippen LogP contribution >= 0.6 is 22.9 Å². The number of anilines is 1. The summed E-state index contributed by atoms with van der Waals surface area (Å²) < 4.78 is 2.26. The van der Waals surface area contributed by atoms with Gasteiger partial charge in [0, 0.05) is 46.8 Å². The SMILES string of the molecule is Clc1ccccc1Cn1cc(CNc2nccs2)c2ccccc21. The number of nitrogens with one attached hydrogen (secondary N) is 1. The quantitative estimate of drug-likeness (QED) is 0.519. The van der Waals surface area contributed by atoms with E-state index in [0.717, 1.165) is 28.8 Å². The smallest absolute Gasteiger partial charge is 0.182 e. The van der Waals surface area contributed by atoms with Crippen LogP contribution < -0.4 is 5.32 Å². The highest BCUT2D eigenvalue weighted by molar-refractivity contribution is 7.13. The lowest BCUT2D eigenvalue weighted by Crippen LogP contribution is -2.00. The summed E-state index contributed by atoms with van der Waals surface area (Å²) in [5.41, 5.74) is 3.60. The van der Waals surface area contributed by atoms with Crippen LogP contribution in [-0.4, -0.2) is 9.55 Å². The maximum atomic E-state index is 6.33. The van der Waals surface area contributed by atoms with E-state index in [-0.39, 0.29) is 0 Å². The molecular weight excluding hydrogens is 338 g/mol. The third kappa shape index (κ3) is 3.03. The lowest BCUT2D eigenvalue weighted by Gasteiger charge is -2.07. The minimum absolute atomic E-state index is 0.754. The maximum Gasteiger partial charge on any atom is 0.182 e. The van der Waals surface area contributed by atoms with Gasteiger partial charge >= 0.3 is 0 Å². The number of nitrogens with zero attached hydrogens (tertiary/aromatic N) is 2. The lowest BCUT2D eigenvalue weighted by atomic mass is 10.2. The zero-order chi connectivity index (χ0) is 16.4. The van der Waals surface area contributed by atoms with E-state index in [0.29, 0.717) is 0 Å². The predicted octanol–water partition coefficient (Wildman–Crippen LogP) is 5.41. The molecule has 2 aromatic heterocycles. The van der Waals surface area contributed by atoms with E-state index >= 15 is 0 Å². The number of rotatable bonds is 5. The monoisotopic (exact) mass is 353 g/mol. The lowest BCUT2D eigenvalue weighted by molar-refractivity contribution is 0.831. The van der Waals surface area contributed by atoms with Crippen molar-refractivity contribution in [2.45, 2.75) is 13.1 Å². The van der Waals surface area contributed by atoms with E-state index in [4.69, 9.17) is 11.6 Å². The summed E-state index contributed by atoms with van der Waals surface area (Å²) in [5, 5.41) is 8.37. The Labute approximate surface area is 149 Å². The van der Waals surface area contributed by atoms with Crippen LogP contribution in [0.3, 0.4) is 0 Å². The standard InChI is InChI=1S/C19H16ClN3S/c20-17-7-3-1-5-14(17)12-23-13-15(11-22-19-21-9-10-24-19)16-6-2-4-8-18(16)23/h1-10,13H,11-12H2,(H,21,22). The third-order valence-corrected chi connectivity index (χ3v) is 5.13. The van der Waals surface area contributed by atoms with Gasteiger partial charge in [0.05, 0.1) is 0 Å². The third-order valence-electron chi connectivity index (χ3n) is 4.03. The summed E-state index contributed by atoms with van der Waals surface area (Å²) in [6, 6.07) is 16.5. The van der Waals surface area contributed by atoms with Crippen LogP contribution in [0.2, 0.25) is 5.02 Å². The average Bonchev–Trinajstić information content (AvgIpc) is 3.24. The molecule has 0 bridgehead atoms. The van der Waals surface area contributed by atoms with Crippen LogP contribution in [0.1, 0.15) is 11.1 Å². The van der Waals surface area contributed by atoms with Gasteiger partial charge in [-0.1, -0.05) is 48.0 Å². The fraction of sp³-hybridized carbons (Fsp3) is 0.105. The van der Waals surface area contributed by atoms with Gasteiger partial charge in [0.1, 0.15) is 0 Å². The summed E-state index contributed by atoms with van der Waals surface area (Å²) >= 11 is 7.94. The Morgan fingerprint density at radius 1 is 1.04 bits per heavy atom. The zero-order valence-electron chi connectivity index (χ0n) is 12.9. The number of para-hydroxylation sites is 1. The van der Waals surface area contributed by atoms with Crippen LogP contribution in [-0.2, 0) is 13.1 Å². The minimum atomic E-state index is 0.754. The van der Waals surface area contributed by atoms with Crippen molar-refractivity contribution >= 4 is 39.0 Å². The van der Waals surface area contributed by atoms with Crippen LogP contribution in [0.4, 0.5) is 5.13 Å². The second-order valence-corrected chi connectivity index (χ2v) is 6.88. The number of fused-ring (bicyclic) bond motifs is 1. The summed E-state index contributed by atoms with van der Waals surface area (Å²) in [4.78, 5) is 4.28. The van der Waals surface area contributed by atoms with Crippen molar-refractivity contribution in [3.63, 3.8) is 0 Å². The molecule has 3 nitrogen and oxygen atoms in total. The predicted molar refractivity (Wildman–Crippen MR) is 102 cm³/mol. The molecule has 0 amide bonds. The van der Waals surface area contributed by atoms with Crippen molar-refractivity contribution in [1.29, 1.82) is 0 Å². The maximum absolute atomic E-state index is 6.33. The molecule has 0 radical (unpaired) electrons. The molecule has 0 atom stereocenters. The molecule has 120 valence electrons. The van der Waals surface area contributed by atoms with Gasteiger partial charge in [-0.05, 0) is 23.3 Å². The minimum Gasteiger partial charge on any atom is -0.357 e. The van der Waals surface area contributed by atoms with Gasteiger partial charge < -0.3 is 9.88 Å². The molecule has 1 N–H and O–H groups in total. The fourth-order valence-electron chi connectivity index (χ4n) is 2.89. The highest BCUT2D eigenvalue weighted by Gasteiger charge is 2.10. The second kappa shape index (κ2) is 6.67. The number of benzene rings is 2. The van der Waals surface area contributed by atoms with E-state index in [1.165, 1.54) is 16.5 Å². The number of aromatic nitrogens is 2. The molecule has 4 aromatic rings. The Morgan fingerprint density at radius 3 is 2.71 bits per heavy atom. The van der Waals surface area contributed by atoms with Gasteiger partial charge in [-0.3, -0.25) is 0 Å². The van der Waals surface area contributed by atoms with Gasteiger partial charge in [-0.25, -0.2) is 4.98 Å². The van der Waals surface area contributed by atoms with E-state index in [9.17, 15) is 0 Å². The Hall–Kier alpha value is -2.30. The molecule has 4 rings (SSSR count). The molecule has 24 heavy (non-hydrogen) atoms. The van der Waals surface area contributed by atoms with Crippen molar-refractivity contribution in [3.8, 4) is 0 Å². The molecule has 0 fully saturated rings. The fourth-order valence-corrected chi connectivity index (χ4v) is 3.61. The summed E-state index contributed by atoms with van der Waals surface area (Å²) in [6.07, 6.45) is 4.02. The first-order chi connectivity index (χ1) is 11.8. The normalized spacial score (nSPS) is 11.0. The number of hydrogen-bond donors (Lipinski definition) is 1. The Morgan fingerprint density at radius 2 is 1.88 bits per heavy atom. The highest BCUT2D eigenvalue weighted by atomic mass is 35.5. The molecule has 0 saturated heterocycles.